The summed E-state index contributed by atoms with van der Waals surface area (Å²) in [5.74, 6) is 1.42. The van der Waals surface area contributed by atoms with Gasteiger partial charge in [0.25, 0.3) is 5.91 Å². The average Bonchev–Trinajstić information content (AvgIpc) is 2.74. The van der Waals surface area contributed by atoms with E-state index in [0.29, 0.717) is 18.1 Å². The Labute approximate surface area is 104 Å². The van der Waals surface area contributed by atoms with Gasteiger partial charge in [0, 0.05) is 0 Å². The molecular weight excluding hydrogens is 232 g/mol. The average molecular weight is 246 g/mol. The van der Waals surface area contributed by atoms with Crippen LogP contribution in [0.1, 0.15) is 22.0 Å². The van der Waals surface area contributed by atoms with Crippen LogP contribution in [-0.2, 0) is 6.54 Å². The van der Waals surface area contributed by atoms with Crippen molar-refractivity contribution in [2.75, 3.05) is 11.1 Å². The Morgan fingerprint density at radius 3 is 2.78 bits per heavy atom. The van der Waals surface area contributed by atoms with Crippen LogP contribution in [0.2, 0.25) is 0 Å². The van der Waals surface area contributed by atoms with Gasteiger partial charge in [-0.15, -0.1) is 0 Å². The maximum atomic E-state index is 11.0. The summed E-state index contributed by atoms with van der Waals surface area (Å²) in [6.45, 7) is 2.30. The van der Waals surface area contributed by atoms with Gasteiger partial charge in [-0.2, -0.15) is 0 Å². The molecule has 5 N–H and O–H groups in total. The summed E-state index contributed by atoms with van der Waals surface area (Å²) >= 11 is 0. The first-order valence-corrected chi connectivity index (χ1v) is 5.42. The molecule has 0 saturated heterocycles. The van der Waals surface area contributed by atoms with E-state index >= 15 is 0 Å². The number of nitrogens with two attached hydrogens (primary N) is 2. The van der Waals surface area contributed by atoms with Crippen molar-refractivity contribution in [3.63, 3.8) is 0 Å². The first-order chi connectivity index (χ1) is 8.56. The van der Waals surface area contributed by atoms with E-state index in [1.54, 1.807) is 6.07 Å². The van der Waals surface area contributed by atoms with E-state index < -0.39 is 5.91 Å². The molecular formula is C12H14N4O2. The summed E-state index contributed by atoms with van der Waals surface area (Å²) < 4.78 is 5.40. The molecule has 94 valence electrons. The SMILES string of the molecule is Cc1ccc(CNc2nc(C(N)=O)ccc2N)o1. The minimum absolute atomic E-state index is 0.169. The number of carbonyl (C=O) groups excluding carboxylic acids is 1. The van der Waals surface area contributed by atoms with Gasteiger partial charge in [-0.1, -0.05) is 0 Å². The van der Waals surface area contributed by atoms with Crippen LogP contribution in [0.5, 0.6) is 0 Å². The second-order valence-electron chi connectivity index (χ2n) is 3.86. The molecule has 6 nitrogen and oxygen atoms in total. The second-order valence-corrected chi connectivity index (χ2v) is 3.86. The van der Waals surface area contributed by atoms with E-state index in [1.807, 2.05) is 19.1 Å². The number of amides is 1. The van der Waals surface area contributed by atoms with Crippen molar-refractivity contribution < 1.29 is 9.21 Å². The van der Waals surface area contributed by atoms with Crippen molar-refractivity contribution in [2.45, 2.75) is 13.5 Å². The van der Waals surface area contributed by atoms with E-state index in [-0.39, 0.29) is 5.69 Å². The number of rotatable bonds is 4. The molecule has 0 atom stereocenters. The number of nitrogen functional groups attached to an aromatic ring is 1. The number of nitrogens with zero attached hydrogens (tertiary/aromatic N) is 1. The normalized spacial score (nSPS) is 10.3. The minimum Gasteiger partial charge on any atom is -0.465 e. The molecule has 0 radical (unpaired) electrons. The smallest absolute Gasteiger partial charge is 0.267 e. The highest BCUT2D eigenvalue weighted by Crippen LogP contribution is 2.17. The summed E-state index contributed by atoms with van der Waals surface area (Å²) in [5, 5.41) is 3.00. The summed E-state index contributed by atoms with van der Waals surface area (Å²) in [4.78, 5) is 15.1. The topological polar surface area (TPSA) is 107 Å². The van der Waals surface area contributed by atoms with Crippen LogP contribution in [0, 0.1) is 6.92 Å². The standard InChI is InChI=1S/C12H14N4O2/c1-7-2-3-8(18-7)6-15-12-9(13)4-5-10(16-12)11(14)17/h2-5H,6,13H2,1H3,(H2,14,17)(H,15,16). The molecule has 0 aliphatic heterocycles. The molecule has 0 aromatic carbocycles. The minimum atomic E-state index is -0.591. The summed E-state index contributed by atoms with van der Waals surface area (Å²) in [5.41, 5.74) is 11.5. The van der Waals surface area contributed by atoms with Crippen molar-refractivity contribution >= 4 is 17.4 Å². The number of furan rings is 1. The fourth-order valence-electron chi connectivity index (χ4n) is 1.50. The molecule has 6 heteroatoms. The second kappa shape index (κ2) is 4.79. The van der Waals surface area contributed by atoms with Crippen LogP contribution < -0.4 is 16.8 Å². The number of anilines is 2. The Hall–Kier alpha value is -2.50. The van der Waals surface area contributed by atoms with Gasteiger partial charge >= 0.3 is 0 Å². The Morgan fingerprint density at radius 2 is 2.17 bits per heavy atom. The fourth-order valence-corrected chi connectivity index (χ4v) is 1.50. The van der Waals surface area contributed by atoms with Gasteiger partial charge in [0.05, 0.1) is 12.2 Å². The van der Waals surface area contributed by atoms with Crippen molar-refractivity contribution in [1.82, 2.24) is 4.98 Å². The van der Waals surface area contributed by atoms with E-state index in [1.165, 1.54) is 6.07 Å². The molecule has 0 spiro atoms. The van der Waals surface area contributed by atoms with E-state index in [9.17, 15) is 4.79 Å². The number of pyridine rings is 1. The van der Waals surface area contributed by atoms with Crippen molar-refractivity contribution in [2.24, 2.45) is 5.73 Å². The lowest BCUT2D eigenvalue weighted by Gasteiger charge is -2.07. The Balaban J connectivity index is 2.13. The third-order valence-corrected chi connectivity index (χ3v) is 2.40. The lowest BCUT2D eigenvalue weighted by Crippen LogP contribution is -2.15. The molecule has 0 fully saturated rings. The molecule has 2 aromatic heterocycles. The van der Waals surface area contributed by atoms with Crippen molar-refractivity contribution in [3.8, 4) is 0 Å². The molecule has 18 heavy (non-hydrogen) atoms. The zero-order valence-corrected chi connectivity index (χ0v) is 9.93. The lowest BCUT2D eigenvalue weighted by molar-refractivity contribution is 0.0996. The summed E-state index contributed by atoms with van der Waals surface area (Å²) in [6, 6.07) is 6.80. The third-order valence-electron chi connectivity index (χ3n) is 2.40. The van der Waals surface area contributed by atoms with Crippen LogP contribution in [-0.4, -0.2) is 10.9 Å². The molecule has 2 aromatic rings. The number of carbonyl (C=O) groups is 1. The van der Waals surface area contributed by atoms with Gasteiger partial charge in [-0.05, 0) is 31.2 Å². The molecule has 0 unspecified atom stereocenters. The molecule has 0 aliphatic rings. The lowest BCUT2D eigenvalue weighted by atomic mass is 10.3. The Morgan fingerprint density at radius 1 is 1.39 bits per heavy atom. The quantitative estimate of drug-likeness (QED) is 0.753. The highest BCUT2D eigenvalue weighted by molar-refractivity contribution is 5.91. The number of hydrogen-bond donors (Lipinski definition) is 3. The predicted molar refractivity (Wildman–Crippen MR) is 67.9 cm³/mol. The Kier molecular flexibility index (Phi) is 3.18. The summed E-state index contributed by atoms with van der Waals surface area (Å²) in [6.07, 6.45) is 0. The molecule has 0 saturated carbocycles. The number of primary amides is 1. The number of aryl methyl sites for hydroxylation is 1. The largest absolute Gasteiger partial charge is 0.465 e. The van der Waals surface area contributed by atoms with Gasteiger partial charge in [0.2, 0.25) is 0 Å². The number of nitrogens with one attached hydrogen (secondary N) is 1. The maximum Gasteiger partial charge on any atom is 0.267 e. The van der Waals surface area contributed by atoms with Crippen LogP contribution in [0.3, 0.4) is 0 Å². The Bertz CT molecular complexity index is 577. The van der Waals surface area contributed by atoms with Gasteiger partial charge in [-0.3, -0.25) is 4.79 Å². The molecule has 2 rings (SSSR count). The van der Waals surface area contributed by atoms with Crippen LogP contribution >= 0.6 is 0 Å². The molecule has 2 heterocycles. The van der Waals surface area contributed by atoms with E-state index in [4.69, 9.17) is 15.9 Å². The monoisotopic (exact) mass is 246 g/mol. The van der Waals surface area contributed by atoms with E-state index in [2.05, 4.69) is 10.3 Å². The number of hydrogen-bond acceptors (Lipinski definition) is 5. The summed E-state index contributed by atoms with van der Waals surface area (Å²) in [7, 11) is 0. The first-order valence-electron chi connectivity index (χ1n) is 5.42. The van der Waals surface area contributed by atoms with Crippen LogP contribution in [0.4, 0.5) is 11.5 Å². The van der Waals surface area contributed by atoms with E-state index in [0.717, 1.165) is 11.5 Å². The first kappa shape index (κ1) is 12.0. The third kappa shape index (κ3) is 2.60. The van der Waals surface area contributed by atoms with Gasteiger partial charge < -0.3 is 21.2 Å². The van der Waals surface area contributed by atoms with Crippen LogP contribution in [0.25, 0.3) is 0 Å². The molecule has 1 amide bonds. The number of aromatic nitrogens is 1. The zero-order valence-electron chi connectivity index (χ0n) is 9.93. The zero-order chi connectivity index (χ0) is 13.1. The van der Waals surface area contributed by atoms with Gasteiger partial charge in [-0.25, -0.2) is 4.98 Å². The predicted octanol–water partition coefficient (Wildman–Crippen LogP) is 1.28. The highest BCUT2D eigenvalue weighted by Gasteiger charge is 2.07. The van der Waals surface area contributed by atoms with Crippen molar-refractivity contribution in [1.29, 1.82) is 0 Å². The maximum absolute atomic E-state index is 11.0. The molecule has 0 aliphatic carbocycles. The van der Waals surface area contributed by atoms with Crippen LogP contribution in [0.15, 0.2) is 28.7 Å². The molecule has 0 bridgehead atoms. The van der Waals surface area contributed by atoms with Crippen molar-refractivity contribution in [3.05, 3.63) is 41.5 Å². The van der Waals surface area contributed by atoms with Gasteiger partial charge in [0.15, 0.2) is 5.82 Å². The van der Waals surface area contributed by atoms with Gasteiger partial charge in [0.1, 0.15) is 17.2 Å². The highest BCUT2D eigenvalue weighted by atomic mass is 16.3. The fraction of sp³-hybridized carbons (Fsp3) is 0.167.